The molecule has 0 fully saturated rings. The molecule has 2 N–H and O–H groups in total. The van der Waals surface area contributed by atoms with Gasteiger partial charge in [0.15, 0.2) is 0 Å². The van der Waals surface area contributed by atoms with Crippen molar-refractivity contribution in [2.75, 3.05) is 34.0 Å². The Kier molecular flexibility index (Phi) is 6.54. The van der Waals surface area contributed by atoms with E-state index in [1.807, 2.05) is 12.1 Å². The number of rotatable bonds is 8. The highest BCUT2D eigenvalue weighted by molar-refractivity contribution is 5.29. The lowest BCUT2D eigenvalue weighted by molar-refractivity contribution is 0.0670. The number of pyridine rings is 1. The van der Waals surface area contributed by atoms with E-state index in [-0.39, 0.29) is 6.04 Å². The van der Waals surface area contributed by atoms with Gasteiger partial charge in [-0.1, -0.05) is 0 Å². The lowest BCUT2D eigenvalue weighted by Crippen LogP contribution is -2.16. The summed E-state index contributed by atoms with van der Waals surface area (Å²) in [6.07, 6.45) is 2.42. The van der Waals surface area contributed by atoms with Crippen molar-refractivity contribution in [2.24, 2.45) is 5.73 Å². The van der Waals surface area contributed by atoms with Crippen molar-refractivity contribution >= 4 is 0 Å². The molecule has 0 bridgehead atoms. The highest BCUT2D eigenvalue weighted by atomic mass is 16.5. The van der Waals surface area contributed by atoms with E-state index < -0.39 is 0 Å². The molecule has 96 valence electrons. The highest BCUT2D eigenvalue weighted by Gasteiger charge is 2.12. The summed E-state index contributed by atoms with van der Waals surface area (Å²) in [6.45, 7) is 1.77. The van der Waals surface area contributed by atoms with Crippen molar-refractivity contribution in [1.29, 1.82) is 0 Å². The van der Waals surface area contributed by atoms with Crippen LogP contribution in [0.4, 0.5) is 0 Å². The number of nitrogens with two attached hydrogens (primary N) is 1. The fraction of sp³-hybridized carbons (Fsp3) is 0.583. The van der Waals surface area contributed by atoms with Crippen molar-refractivity contribution in [1.82, 2.24) is 4.98 Å². The van der Waals surface area contributed by atoms with Crippen LogP contribution >= 0.6 is 0 Å². The number of nitrogens with zero attached hydrogens (tertiary/aromatic N) is 1. The Bertz CT molecular complexity index is 320. The minimum absolute atomic E-state index is 0.173. The average Bonchev–Trinajstić information content (AvgIpc) is 2.38. The largest absolute Gasteiger partial charge is 0.495 e. The molecule has 0 aliphatic rings. The Labute approximate surface area is 102 Å². The van der Waals surface area contributed by atoms with Gasteiger partial charge in [-0.05, 0) is 18.6 Å². The number of hydrogen-bond donors (Lipinski definition) is 1. The third kappa shape index (κ3) is 4.68. The van der Waals surface area contributed by atoms with Crippen molar-refractivity contribution in [3.8, 4) is 5.75 Å². The third-order valence-corrected chi connectivity index (χ3v) is 2.38. The first-order chi connectivity index (χ1) is 8.29. The molecule has 1 aromatic rings. The zero-order valence-corrected chi connectivity index (χ0v) is 10.4. The van der Waals surface area contributed by atoms with Crippen LogP contribution in [-0.4, -0.2) is 39.0 Å². The average molecular weight is 240 g/mol. The predicted molar refractivity (Wildman–Crippen MR) is 65.0 cm³/mol. The Balaban J connectivity index is 2.38. The third-order valence-electron chi connectivity index (χ3n) is 2.38. The molecule has 0 amide bonds. The first-order valence-corrected chi connectivity index (χ1v) is 5.60. The summed E-state index contributed by atoms with van der Waals surface area (Å²) in [5.74, 6) is 0.719. The van der Waals surface area contributed by atoms with Gasteiger partial charge in [-0.3, -0.25) is 4.98 Å². The van der Waals surface area contributed by atoms with Gasteiger partial charge in [-0.2, -0.15) is 0 Å². The summed E-state index contributed by atoms with van der Waals surface area (Å²) in [6, 6.07) is 3.51. The van der Waals surface area contributed by atoms with Gasteiger partial charge in [0.2, 0.25) is 0 Å². The molecule has 0 aliphatic carbocycles. The van der Waals surface area contributed by atoms with Crippen molar-refractivity contribution in [3.63, 3.8) is 0 Å². The lowest BCUT2D eigenvalue weighted by atomic mass is 10.1. The maximum absolute atomic E-state index is 6.03. The Morgan fingerprint density at radius 1 is 1.29 bits per heavy atom. The molecule has 0 spiro atoms. The topological polar surface area (TPSA) is 66.6 Å². The summed E-state index contributed by atoms with van der Waals surface area (Å²) >= 11 is 0. The molecule has 0 saturated carbocycles. The fourth-order valence-corrected chi connectivity index (χ4v) is 1.45. The number of aromatic nitrogens is 1. The van der Waals surface area contributed by atoms with Gasteiger partial charge in [0.25, 0.3) is 0 Å². The maximum Gasteiger partial charge on any atom is 0.141 e. The SMILES string of the molecule is COCCOCCC(N)c1ncccc1OC. The Morgan fingerprint density at radius 3 is 2.82 bits per heavy atom. The van der Waals surface area contributed by atoms with Gasteiger partial charge < -0.3 is 19.9 Å². The second kappa shape index (κ2) is 8.00. The van der Waals surface area contributed by atoms with Crippen LogP contribution in [0.1, 0.15) is 18.2 Å². The van der Waals surface area contributed by atoms with E-state index in [0.29, 0.717) is 26.2 Å². The van der Waals surface area contributed by atoms with Gasteiger partial charge in [0.1, 0.15) is 5.75 Å². The van der Waals surface area contributed by atoms with Gasteiger partial charge in [0, 0.05) is 19.9 Å². The fourth-order valence-electron chi connectivity index (χ4n) is 1.45. The first-order valence-electron chi connectivity index (χ1n) is 5.60. The quantitative estimate of drug-likeness (QED) is 0.690. The minimum Gasteiger partial charge on any atom is -0.495 e. The maximum atomic E-state index is 6.03. The molecule has 5 nitrogen and oxygen atoms in total. The molecule has 1 heterocycles. The molecule has 0 radical (unpaired) electrons. The van der Waals surface area contributed by atoms with Crippen LogP contribution < -0.4 is 10.5 Å². The zero-order valence-electron chi connectivity index (χ0n) is 10.4. The van der Waals surface area contributed by atoms with Crippen LogP contribution in [0.5, 0.6) is 5.75 Å². The van der Waals surface area contributed by atoms with Crippen molar-refractivity contribution in [3.05, 3.63) is 24.0 Å². The summed E-state index contributed by atoms with van der Waals surface area (Å²) in [7, 11) is 3.26. The molecule has 1 atom stereocenters. The van der Waals surface area contributed by atoms with E-state index in [1.54, 1.807) is 20.4 Å². The van der Waals surface area contributed by atoms with E-state index in [9.17, 15) is 0 Å². The number of ether oxygens (including phenoxy) is 3. The summed E-state index contributed by atoms with van der Waals surface area (Å²) in [4.78, 5) is 4.23. The summed E-state index contributed by atoms with van der Waals surface area (Å²) in [5, 5.41) is 0. The molecule has 1 rings (SSSR count). The Hall–Kier alpha value is -1.17. The summed E-state index contributed by atoms with van der Waals surface area (Å²) in [5.41, 5.74) is 6.80. The lowest BCUT2D eigenvalue weighted by Gasteiger charge is -2.14. The van der Waals surface area contributed by atoms with Gasteiger partial charge in [0.05, 0.1) is 32.1 Å². The van der Waals surface area contributed by atoms with Gasteiger partial charge >= 0.3 is 0 Å². The van der Waals surface area contributed by atoms with E-state index in [1.165, 1.54) is 0 Å². The molecule has 0 aromatic carbocycles. The van der Waals surface area contributed by atoms with Gasteiger partial charge in [-0.25, -0.2) is 0 Å². The van der Waals surface area contributed by atoms with E-state index >= 15 is 0 Å². The normalized spacial score (nSPS) is 12.4. The van der Waals surface area contributed by atoms with E-state index in [2.05, 4.69) is 4.98 Å². The molecule has 0 saturated heterocycles. The van der Waals surface area contributed by atoms with Crippen molar-refractivity contribution < 1.29 is 14.2 Å². The predicted octanol–water partition coefficient (Wildman–Crippen LogP) is 1.14. The van der Waals surface area contributed by atoms with Crippen LogP contribution in [0.25, 0.3) is 0 Å². The van der Waals surface area contributed by atoms with Crippen molar-refractivity contribution in [2.45, 2.75) is 12.5 Å². The number of methoxy groups -OCH3 is 2. The highest BCUT2D eigenvalue weighted by Crippen LogP contribution is 2.22. The standard InChI is InChI=1S/C12H20N2O3/c1-15-8-9-17-7-5-10(13)12-11(16-2)4-3-6-14-12/h3-4,6,10H,5,7-9,13H2,1-2H3. The molecular formula is C12H20N2O3. The second-order valence-electron chi connectivity index (χ2n) is 3.59. The molecular weight excluding hydrogens is 220 g/mol. The van der Waals surface area contributed by atoms with Crippen LogP contribution in [0.2, 0.25) is 0 Å². The minimum atomic E-state index is -0.173. The first kappa shape index (κ1) is 13.9. The van der Waals surface area contributed by atoms with Crippen LogP contribution in [0.15, 0.2) is 18.3 Å². The molecule has 17 heavy (non-hydrogen) atoms. The smallest absolute Gasteiger partial charge is 0.141 e. The zero-order chi connectivity index (χ0) is 12.5. The Morgan fingerprint density at radius 2 is 2.12 bits per heavy atom. The summed E-state index contributed by atoms with van der Waals surface area (Å²) < 4.78 is 15.5. The van der Waals surface area contributed by atoms with Crippen LogP contribution in [0, 0.1) is 0 Å². The molecule has 1 aromatic heterocycles. The molecule has 0 aliphatic heterocycles. The van der Waals surface area contributed by atoms with E-state index in [4.69, 9.17) is 19.9 Å². The number of hydrogen-bond acceptors (Lipinski definition) is 5. The second-order valence-corrected chi connectivity index (χ2v) is 3.59. The van der Waals surface area contributed by atoms with Crippen LogP contribution in [0.3, 0.4) is 0 Å². The van der Waals surface area contributed by atoms with Gasteiger partial charge in [-0.15, -0.1) is 0 Å². The van der Waals surface area contributed by atoms with Crippen LogP contribution in [-0.2, 0) is 9.47 Å². The molecule has 1 unspecified atom stereocenters. The van der Waals surface area contributed by atoms with E-state index in [0.717, 1.165) is 11.4 Å². The molecule has 5 heteroatoms. The monoisotopic (exact) mass is 240 g/mol.